The van der Waals surface area contributed by atoms with Gasteiger partial charge in [0, 0.05) is 11.6 Å². The van der Waals surface area contributed by atoms with Gasteiger partial charge in [-0.15, -0.1) is 29.6 Å². The van der Waals surface area contributed by atoms with E-state index in [1.807, 2.05) is 30.5 Å². The zero-order chi connectivity index (χ0) is 25.4. The Hall–Kier alpha value is -3.70. The molecule has 188 valence electrons. The Morgan fingerprint density at radius 2 is 1.83 bits per heavy atom. The topological polar surface area (TPSA) is 71.3 Å². The van der Waals surface area contributed by atoms with Crippen LogP contribution in [-0.4, -0.2) is 32.9 Å². The van der Waals surface area contributed by atoms with Gasteiger partial charge in [0.25, 0.3) is 0 Å². The summed E-state index contributed by atoms with van der Waals surface area (Å²) in [6.07, 6.45) is 2.30. The Morgan fingerprint density at radius 1 is 1.03 bits per heavy atom. The lowest BCUT2D eigenvalue weighted by Gasteiger charge is -2.10. The average molecular weight is 517 g/mol. The molecule has 7 nitrogen and oxygen atoms in total. The summed E-state index contributed by atoms with van der Waals surface area (Å²) in [6.45, 7) is 4.02. The third-order valence-corrected chi connectivity index (χ3v) is 5.86. The molecule has 0 N–H and O–H groups in total. The monoisotopic (exact) mass is 516 g/mol. The van der Waals surface area contributed by atoms with E-state index in [9.17, 15) is 13.2 Å². The van der Waals surface area contributed by atoms with Gasteiger partial charge in [-0.05, 0) is 54.0 Å². The third kappa shape index (κ3) is 7.92. The summed E-state index contributed by atoms with van der Waals surface area (Å²) < 4.78 is 54.0. The van der Waals surface area contributed by atoms with E-state index in [1.54, 1.807) is 41.4 Å². The third-order valence-electron chi connectivity index (χ3n) is 5.00. The molecule has 4 rings (SSSR count). The second-order valence-electron chi connectivity index (χ2n) is 7.72. The molecule has 0 radical (unpaired) electrons. The SMILES string of the molecule is Cc1cc(OCc2csc(/C=C/c3ccc(OC(F)(F)F)cc3)n2)ccc1COCCn1ccnn1. The molecule has 0 spiro atoms. The van der Waals surface area contributed by atoms with E-state index in [0.29, 0.717) is 26.4 Å². The standard InChI is InChI=1S/C25H23F3N4O3S/c1-18-14-23(8-5-20(18)15-33-13-12-32-11-10-29-31-32)34-16-21-17-36-24(30-21)9-4-19-2-6-22(7-3-19)35-25(26,27)28/h2-11,14,17H,12-13,15-16H2,1H3/b9-4+. The van der Waals surface area contributed by atoms with E-state index < -0.39 is 6.36 Å². The maximum Gasteiger partial charge on any atom is 0.573 e. The van der Waals surface area contributed by atoms with E-state index in [0.717, 1.165) is 33.1 Å². The maximum atomic E-state index is 12.3. The number of rotatable bonds is 11. The maximum absolute atomic E-state index is 12.3. The van der Waals surface area contributed by atoms with Crippen molar-refractivity contribution >= 4 is 23.5 Å². The Labute approximate surface area is 209 Å². The van der Waals surface area contributed by atoms with Gasteiger partial charge < -0.3 is 14.2 Å². The molecular formula is C25H23F3N4O3S. The fourth-order valence-corrected chi connectivity index (χ4v) is 3.88. The van der Waals surface area contributed by atoms with Crippen molar-refractivity contribution in [2.75, 3.05) is 6.61 Å². The van der Waals surface area contributed by atoms with Gasteiger partial charge in [-0.1, -0.05) is 29.5 Å². The molecule has 11 heteroatoms. The summed E-state index contributed by atoms with van der Waals surface area (Å²) in [4.78, 5) is 4.52. The van der Waals surface area contributed by atoms with Gasteiger partial charge in [0.05, 0.1) is 31.6 Å². The summed E-state index contributed by atoms with van der Waals surface area (Å²) in [7, 11) is 0. The number of hydrogen-bond donors (Lipinski definition) is 0. The zero-order valence-electron chi connectivity index (χ0n) is 19.3. The van der Waals surface area contributed by atoms with Crippen LogP contribution in [0.3, 0.4) is 0 Å². The van der Waals surface area contributed by atoms with E-state index >= 15 is 0 Å². The number of benzene rings is 2. The van der Waals surface area contributed by atoms with E-state index in [2.05, 4.69) is 20.0 Å². The van der Waals surface area contributed by atoms with Crippen molar-refractivity contribution in [2.24, 2.45) is 0 Å². The van der Waals surface area contributed by atoms with Crippen molar-refractivity contribution in [1.82, 2.24) is 20.0 Å². The molecule has 0 unspecified atom stereocenters. The van der Waals surface area contributed by atoms with Gasteiger partial charge in [0.15, 0.2) is 0 Å². The fraction of sp³-hybridized carbons (Fsp3) is 0.240. The molecule has 0 aliphatic heterocycles. The van der Waals surface area contributed by atoms with Crippen LogP contribution in [0, 0.1) is 6.92 Å². The quantitative estimate of drug-likeness (QED) is 0.231. The first-order chi connectivity index (χ1) is 17.3. The van der Waals surface area contributed by atoms with E-state index in [4.69, 9.17) is 9.47 Å². The normalized spacial score (nSPS) is 11.8. The molecule has 2 aromatic heterocycles. The van der Waals surface area contributed by atoms with E-state index in [-0.39, 0.29) is 5.75 Å². The van der Waals surface area contributed by atoms with Crippen molar-refractivity contribution in [1.29, 1.82) is 0 Å². The van der Waals surface area contributed by atoms with Crippen LogP contribution in [0.25, 0.3) is 12.2 Å². The molecule has 0 saturated heterocycles. The van der Waals surface area contributed by atoms with Crippen LogP contribution in [0.4, 0.5) is 13.2 Å². The fourth-order valence-electron chi connectivity index (χ4n) is 3.18. The lowest BCUT2D eigenvalue weighted by molar-refractivity contribution is -0.274. The minimum absolute atomic E-state index is 0.257. The summed E-state index contributed by atoms with van der Waals surface area (Å²) in [6, 6.07) is 11.5. The highest BCUT2D eigenvalue weighted by Gasteiger charge is 2.30. The van der Waals surface area contributed by atoms with Gasteiger partial charge in [0.2, 0.25) is 0 Å². The number of halogens is 3. The number of hydrogen-bond acceptors (Lipinski definition) is 7. The first-order valence-electron chi connectivity index (χ1n) is 11.0. The van der Waals surface area contributed by atoms with E-state index in [1.165, 1.54) is 23.5 Å². The van der Waals surface area contributed by atoms with Gasteiger partial charge in [-0.3, -0.25) is 4.68 Å². The predicted octanol–water partition coefficient (Wildman–Crippen LogP) is 5.91. The van der Waals surface area contributed by atoms with Crippen LogP contribution in [-0.2, 0) is 24.5 Å². The minimum Gasteiger partial charge on any atom is -0.487 e. The smallest absolute Gasteiger partial charge is 0.487 e. The molecule has 0 fully saturated rings. The molecule has 36 heavy (non-hydrogen) atoms. The van der Waals surface area contributed by atoms with Crippen molar-refractivity contribution in [3.63, 3.8) is 0 Å². The number of ether oxygens (including phenoxy) is 3. The second kappa shape index (κ2) is 11.8. The highest BCUT2D eigenvalue weighted by Crippen LogP contribution is 2.24. The highest BCUT2D eigenvalue weighted by atomic mass is 32.1. The molecule has 0 aliphatic rings. The molecule has 2 heterocycles. The highest BCUT2D eigenvalue weighted by molar-refractivity contribution is 7.10. The molecular weight excluding hydrogens is 493 g/mol. The van der Waals surface area contributed by atoms with Crippen LogP contribution in [0.2, 0.25) is 0 Å². The number of nitrogens with zero attached hydrogens (tertiary/aromatic N) is 4. The Kier molecular flexibility index (Phi) is 8.34. The number of alkyl halides is 3. The number of aromatic nitrogens is 4. The van der Waals surface area contributed by atoms with Crippen LogP contribution < -0.4 is 9.47 Å². The van der Waals surface area contributed by atoms with Crippen molar-refractivity contribution in [2.45, 2.75) is 33.0 Å². The van der Waals surface area contributed by atoms with Crippen molar-refractivity contribution in [3.8, 4) is 11.5 Å². The summed E-state index contributed by atoms with van der Waals surface area (Å²) in [5.41, 5.74) is 3.67. The average Bonchev–Trinajstić information content (AvgIpc) is 3.52. The summed E-state index contributed by atoms with van der Waals surface area (Å²) in [5.74, 6) is 0.484. The molecule has 0 amide bonds. The summed E-state index contributed by atoms with van der Waals surface area (Å²) in [5, 5.41) is 10.3. The molecule has 0 saturated carbocycles. The largest absolute Gasteiger partial charge is 0.573 e. The molecule has 0 bridgehead atoms. The molecule has 2 aromatic carbocycles. The van der Waals surface area contributed by atoms with Gasteiger partial charge in [-0.25, -0.2) is 4.98 Å². The molecule has 0 aliphatic carbocycles. The summed E-state index contributed by atoms with van der Waals surface area (Å²) >= 11 is 1.45. The first-order valence-corrected chi connectivity index (χ1v) is 11.8. The van der Waals surface area contributed by atoms with Crippen molar-refractivity contribution in [3.05, 3.63) is 87.6 Å². The first kappa shape index (κ1) is 25.4. The molecule has 4 aromatic rings. The predicted molar refractivity (Wildman–Crippen MR) is 129 cm³/mol. The van der Waals surface area contributed by atoms with Gasteiger partial charge >= 0.3 is 6.36 Å². The van der Waals surface area contributed by atoms with Crippen LogP contribution >= 0.6 is 11.3 Å². The van der Waals surface area contributed by atoms with Crippen LogP contribution in [0.15, 0.2) is 60.2 Å². The Bertz CT molecular complexity index is 1270. The van der Waals surface area contributed by atoms with Crippen LogP contribution in [0.5, 0.6) is 11.5 Å². The van der Waals surface area contributed by atoms with Crippen molar-refractivity contribution < 1.29 is 27.4 Å². The Balaban J connectivity index is 1.23. The van der Waals surface area contributed by atoms with Gasteiger partial charge in [0.1, 0.15) is 23.1 Å². The van der Waals surface area contributed by atoms with Crippen LogP contribution in [0.1, 0.15) is 27.4 Å². The Morgan fingerprint density at radius 3 is 2.56 bits per heavy atom. The second-order valence-corrected chi connectivity index (χ2v) is 8.61. The lowest BCUT2D eigenvalue weighted by atomic mass is 10.1. The lowest BCUT2D eigenvalue weighted by Crippen LogP contribution is -2.16. The van der Waals surface area contributed by atoms with Gasteiger partial charge in [-0.2, -0.15) is 0 Å². The zero-order valence-corrected chi connectivity index (χ0v) is 20.1. The minimum atomic E-state index is -4.70. The number of aryl methyl sites for hydroxylation is 1. The number of thiazole rings is 1. The molecule has 0 atom stereocenters.